The summed E-state index contributed by atoms with van der Waals surface area (Å²) in [5.41, 5.74) is 7.82. The predicted molar refractivity (Wildman–Crippen MR) is 76.5 cm³/mol. The Morgan fingerprint density at radius 1 is 1.35 bits per heavy atom. The zero-order valence-corrected chi connectivity index (χ0v) is 11.6. The van der Waals surface area contributed by atoms with Gasteiger partial charge in [0.25, 0.3) is 0 Å². The van der Waals surface area contributed by atoms with Crippen LogP contribution in [0.1, 0.15) is 30.2 Å². The third kappa shape index (κ3) is 2.15. The molecule has 1 aromatic carbocycles. The van der Waals surface area contributed by atoms with E-state index in [0.717, 1.165) is 16.5 Å². The molecule has 6 heteroatoms. The van der Waals surface area contributed by atoms with Crippen molar-refractivity contribution in [3.63, 3.8) is 0 Å². The number of pyridine rings is 1. The van der Waals surface area contributed by atoms with Crippen LogP contribution in [0.5, 0.6) is 0 Å². The van der Waals surface area contributed by atoms with Crippen molar-refractivity contribution in [3.05, 3.63) is 52.8 Å². The van der Waals surface area contributed by atoms with Crippen LogP contribution in [0, 0.1) is 0 Å². The van der Waals surface area contributed by atoms with Gasteiger partial charge in [-0.1, -0.05) is 29.7 Å². The zero-order valence-electron chi connectivity index (χ0n) is 10.9. The summed E-state index contributed by atoms with van der Waals surface area (Å²) in [5, 5.41) is 5.43. The summed E-state index contributed by atoms with van der Waals surface area (Å²) in [6.07, 6.45) is 2.39. The minimum Gasteiger partial charge on any atom is -0.339 e. The van der Waals surface area contributed by atoms with Crippen molar-refractivity contribution in [2.24, 2.45) is 5.73 Å². The van der Waals surface area contributed by atoms with E-state index in [2.05, 4.69) is 15.1 Å². The molecule has 0 fully saturated rings. The van der Waals surface area contributed by atoms with Gasteiger partial charge < -0.3 is 10.3 Å². The maximum absolute atomic E-state index is 6.23. The van der Waals surface area contributed by atoms with Crippen LogP contribution in [0.15, 0.2) is 35.0 Å². The molecule has 2 heterocycles. The molecule has 0 bridgehead atoms. The molecule has 0 aliphatic rings. The summed E-state index contributed by atoms with van der Waals surface area (Å²) in [4.78, 5) is 8.64. The molecule has 102 valence electrons. The summed E-state index contributed by atoms with van der Waals surface area (Å²) < 4.78 is 5.10. The highest BCUT2D eigenvalue weighted by Crippen LogP contribution is 2.29. The van der Waals surface area contributed by atoms with E-state index < -0.39 is 6.04 Å². The SMILES string of the molecule is CCc1nc(C(N)c2ccc(Cl)c3cccnc23)no1. The molecule has 3 rings (SSSR count). The van der Waals surface area contributed by atoms with E-state index in [-0.39, 0.29) is 0 Å². The predicted octanol–water partition coefficient (Wildman–Crippen LogP) is 2.88. The molecule has 5 nitrogen and oxygen atoms in total. The lowest BCUT2D eigenvalue weighted by Gasteiger charge is -2.11. The number of nitrogens with two attached hydrogens (primary N) is 1. The second-order valence-corrected chi connectivity index (χ2v) is 4.82. The van der Waals surface area contributed by atoms with Crippen LogP contribution in [0.25, 0.3) is 10.9 Å². The van der Waals surface area contributed by atoms with Crippen LogP contribution < -0.4 is 5.73 Å². The van der Waals surface area contributed by atoms with Crippen LogP contribution in [0.4, 0.5) is 0 Å². The van der Waals surface area contributed by atoms with Gasteiger partial charge in [0.1, 0.15) is 0 Å². The summed E-state index contributed by atoms with van der Waals surface area (Å²) in [7, 11) is 0. The quantitative estimate of drug-likeness (QED) is 0.802. The lowest BCUT2D eigenvalue weighted by Crippen LogP contribution is -2.14. The zero-order chi connectivity index (χ0) is 14.1. The smallest absolute Gasteiger partial charge is 0.226 e. The molecule has 2 aromatic heterocycles. The highest BCUT2D eigenvalue weighted by Gasteiger charge is 2.19. The van der Waals surface area contributed by atoms with E-state index in [1.807, 2.05) is 31.2 Å². The molecule has 0 radical (unpaired) electrons. The first-order chi connectivity index (χ1) is 9.70. The Hall–Kier alpha value is -1.98. The number of halogens is 1. The molecule has 0 spiro atoms. The van der Waals surface area contributed by atoms with Crippen molar-refractivity contribution in [1.82, 2.24) is 15.1 Å². The van der Waals surface area contributed by atoms with Gasteiger partial charge >= 0.3 is 0 Å². The summed E-state index contributed by atoms with van der Waals surface area (Å²) in [6, 6.07) is 6.92. The number of hydrogen-bond acceptors (Lipinski definition) is 5. The molecule has 1 unspecified atom stereocenters. The third-order valence-electron chi connectivity index (χ3n) is 3.15. The maximum Gasteiger partial charge on any atom is 0.226 e. The van der Waals surface area contributed by atoms with Crippen LogP contribution in [-0.2, 0) is 6.42 Å². The average Bonchev–Trinajstić information content (AvgIpc) is 2.96. The van der Waals surface area contributed by atoms with Crippen molar-refractivity contribution in [1.29, 1.82) is 0 Å². The number of aromatic nitrogens is 3. The normalized spacial score (nSPS) is 12.8. The lowest BCUT2D eigenvalue weighted by atomic mass is 10.0. The number of rotatable bonds is 3. The fraction of sp³-hybridized carbons (Fsp3) is 0.214. The summed E-state index contributed by atoms with van der Waals surface area (Å²) >= 11 is 6.18. The van der Waals surface area contributed by atoms with Gasteiger partial charge in [0.15, 0.2) is 5.82 Å². The molecular weight excluding hydrogens is 276 g/mol. The number of aryl methyl sites for hydroxylation is 1. The van der Waals surface area contributed by atoms with Gasteiger partial charge in [-0.15, -0.1) is 0 Å². The third-order valence-corrected chi connectivity index (χ3v) is 3.48. The van der Waals surface area contributed by atoms with E-state index in [4.69, 9.17) is 21.9 Å². The van der Waals surface area contributed by atoms with Crippen molar-refractivity contribution in [2.75, 3.05) is 0 Å². The van der Waals surface area contributed by atoms with E-state index in [9.17, 15) is 0 Å². The molecule has 20 heavy (non-hydrogen) atoms. The van der Waals surface area contributed by atoms with Crippen molar-refractivity contribution < 1.29 is 4.52 Å². The summed E-state index contributed by atoms with van der Waals surface area (Å²) in [5.74, 6) is 1.03. The van der Waals surface area contributed by atoms with Gasteiger partial charge in [0.2, 0.25) is 5.89 Å². The van der Waals surface area contributed by atoms with Gasteiger partial charge in [0.05, 0.1) is 11.6 Å². The minimum absolute atomic E-state index is 0.455. The first-order valence-electron chi connectivity index (χ1n) is 6.32. The number of hydrogen-bond donors (Lipinski definition) is 1. The van der Waals surface area contributed by atoms with Crippen LogP contribution in [-0.4, -0.2) is 15.1 Å². The van der Waals surface area contributed by atoms with Crippen molar-refractivity contribution in [2.45, 2.75) is 19.4 Å². The Balaban J connectivity index is 2.12. The Morgan fingerprint density at radius 2 is 2.20 bits per heavy atom. The molecule has 0 amide bonds. The standard InChI is InChI=1S/C14H13ClN4O/c1-2-11-18-14(19-20-11)12(16)9-5-6-10(15)8-4-3-7-17-13(8)9/h3-7,12H,2,16H2,1H3. The molecule has 3 aromatic rings. The molecule has 0 saturated heterocycles. The number of nitrogens with zero attached hydrogens (tertiary/aromatic N) is 3. The number of fused-ring (bicyclic) bond motifs is 1. The Labute approximate surface area is 120 Å². The van der Waals surface area contributed by atoms with E-state index >= 15 is 0 Å². The monoisotopic (exact) mass is 288 g/mol. The van der Waals surface area contributed by atoms with Gasteiger partial charge in [-0.2, -0.15) is 4.98 Å². The maximum atomic E-state index is 6.23. The van der Waals surface area contributed by atoms with Gasteiger partial charge in [-0.25, -0.2) is 0 Å². The lowest BCUT2D eigenvalue weighted by molar-refractivity contribution is 0.375. The second kappa shape index (κ2) is 5.19. The molecule has 1 atom stereocenters. The molecule has 0 aliphatic carbocycles. The van der Waals surface area contributed by atoms with Crippen LogP contribution in [0.2, 0.25) is 5.02 Å². The fourth-order valence-corrected chi connectivity index (χ4v) is 2.30. The van der Waals surface area contributed by atoms with Crippen molar-refractivity contribution in [3.8, 4) is 0 Å². The number of benzene rings is 1. The van der Waals surface area contributed by atoms with Gasteiger partial charge in [-0.05, 0) is 18.2 Å². The minimum atomic E-state index is -0.492. The highest BCUT2D eigenvalue weighted by atomic mass is 35.5. The first kappa shape index (κ1) is 13.0. The van der Waals surface area contributed by atoms with Gasteiger partial charge in [-0.3, -0.25) is 4.98 Å². The average molecular weight is 289 g/mol. The van der Waals surface area contributed by atoms with E-state index in [1.165, 1.54) is 0 Å². The fourth-order valence-electron chi connectivity index (χ4n) is 2.09. The first-order valence-corrected chi connectivity index (χ1v) is 6.69. The topological polar surface area (TPSA) is 77.8 Å². The van der Waals surface area contributed by atoms with Crippen LogP contribution >= 0.6 is 11.6 Å². The van der Waals surface area contributed by atoms with Crippen molar-refractivity contribution >= 4 is 22.5 Å². The molecule has 0 saturated carbocycles. The Kier molecular flexibility index (Phi) is 3.38. The molecule has 2 N–H and O–H groups in total. The summed E-state index contributed by atoms with van der Waals surface area (Å²) in [6.45, 7) is 1.95. The molecule has 0 aliphatic heterocycles. The highest BCUT2D eigenvalue weighted by molar-refractivity contribution is 6.35. The largest absolute Gasteiger partial charge is 0.339 e. The Morgan fingerprint density at radius 3 is 2.95 bits per heavy atom. The van der Waals surface area contributed by atoms with Gasteiger partial charge in [0, 0.05) is 28.6 Å². The molecular formula is C14H13ClN4O. The van der Waals surface area contributed by atoms with E-state index in [0.29, 0.717) is 23.2 Å². The van der Waals surface area contributed by atoms with Crippen LogP contribution in [0.3, 0.4) is 0 Å². The Bertz CT molecular complexity index is 756. The second-order valence-electron chi connectivity index (χ2n) is 4.41. The van der Waals surface area contributed by atoms with E-state index in [1.54, 1.807) is 6.20 Å².